The average Bonchev–Trinajstić information content (AvgIpc) is 3.02. The third-order valence-corrected chi connectivity index (χ3v) is 4.83. The molecule has 0 aliphatic carbocycles. The lowest BCUT2D eigenvalue weighted by Gasteiger charge is -2.28. The van der Waals surface area contributed by atoms with Gasteiger partial charge in [0.2, 0.25) is 11.8 Å². The van der Waals surface area contributed by atoms with Crippen molar-refractivity contribution in [3.05, 3.63) is 66.0 Å². The highest BCUT2D eigenvalue weighted by atomic mass is 19.1. The molecule has 1 heterocycles. The van der Waals surface area contributed by atoms with E-state index in [4.69, 9.17) is 0 Å². The van der Waals surface area contributed by atoms with E-state index in [1.807, 2.05) is 37.3 Å². The lowest BCUT2D eigenvalue weighted by Crippen LogP contribution is -2.36. The Labute approximate surface area is 146 Å². The van der Waals surface area contributed by atoms with Gasteiger partial charge in [-0.15, -0.1) is 0 Å². The predicted molar refractivity (Wildman–Crippen MR) is 94.5 cm³/mol. The van der Waals surface area contributed by atoms with E-state index in [-0.39, 0.29) is 36.5 Å². The molecule has 130 valence electrons. The third-order valence-electron chi connectivity index (χ3n) is 4.83. The van der Waals surface area contributed by atoms with Crippen molar-refractivity contribution < 1.29 is 14.0 Å². The van der Waals surface area contributed by atoms with Gasteiger partial charge in [-0.2, -0.15) is 0 Å². The minimum atomic E-state index is -0.455. The SMILES string of the molecule is C[C@@H](c1ccccc1)N(C)C(=O)[C@H]1CC(=O)N(c2ccccc2F)C1. The Kier molecular flexibility index (Phi) is 4.83. The standard InChI is InChI=1S/C20H21FN2O2/c1-14(15-8-4-3-5-9-15)22(2)20(25)16-12-19(24)23(13-16)18-11-7-6-10-17(18)21/h3-11,14,16H,12-13H2,1-2H3/t14-,16-/m0/s1. The highest BCUT2D eigenvalue weighted by molar-refractivity contribution is 6.00. The number of halogens is 1. The number of para-hydroxylation sites is 1. The van der Waals surface area contributed by atoms with Crippen molar-refractivity contribution in [1.29, 1.82) is 0 Å². The molecule has 1 aliphatic heterocycles. The van der Waals surface area contributed by atoms with E-state index >= 15 is 0 Å². The van der Waals surface area contributed by atoms with Gasteiger partial charge in [-0.25, -0.2) is 4.39 Å². The molecule has 0 saturated carbocycles. The van der Waals surface area contributed by atoms with Crippen LogP contribution in [0.5, 0.6) is 0 Å². The first-order chi connectivity index (χ1) is 12.0. The number of anilines is 1. The Hall–Kier alpha value is -2.69. The van der Waals surface area contributed by atoms with E-state index in [2.05, 4.69) is 0 Å². The monoisotopic (exact) mass is 340 g/mol. The zero-order valence-electron chi connectivity index (χ0n) is 14.4. The summed E-state index contributed by atoms with van der Waals surface area (Å²) in [7, 11) is 1.75. The molecule has 1 fully saturated rings. The van der Waals surface area contributed by atoms with E-state index in [0.29, 0.717) is 0 Å². The fourth-order valence-corrected chi connectivity index (χ4v) is 3.21. The highest BCUT2D eigenvalue weighted by Crippen LogP contribution is 2.29. The van der Waals surface area contributed by atoms with Gasteiger partial charge in [0.05, 0.1) is 17.6 Å². The normalized spacial score (nSPS) is 18.3. The molecule has 3 rings (SSSR count). The number of hydrogen-bond acceptors (Lipinski definition) is 2. The van der Waals surface area contributed by atoms with Crippen molar-refractivity contribution in [2.75, 3.05) is 18.5 Å². The second-order valence-corrected chi connectivity index (χ2v) is 6.39. The topological polar surface area (TPSA) is 40.6 Å². The summed E-state index contributed by atoms with van der Waals surface area (Å²) in [6, 6.07) is 15.8. The second-order valence-electron chi connectivity index (χ2n) is 6.39. The molecule has 0 radical (unpaired) electrons. The fourth-order valence-electron chi connectivity index (χ4n) is 3.21. The van der Waals surface area contributed by atoms with Gasteiger partial charge in [-0.3, -0.25) is 9.59 Å². The van der Waals surface area contributed by atoms with Gasteiger partial charge < -0.3 is 9.80 Å². The molecule has 2 aromatic rings. The Morgan fingerprint density at radius 1 is 1.16 bits per heavy atom. The van der Waals surface area contributed by atoms with Crippen LogP contribution in [-0.2, 0) is 9.59 Å². The Morgan fingerprint density at radius 2 is 1.80 bits per heavy atom. The molecule has 1 saturated heterocycles. The molecule has 4 nitrogen and oxygen atoms in total. The Bertz CT molecular complexity index is 778. The summed E-state index contributed by atoms with van der Waals surface area (Å²) in [5.74, 6) is -1.22. The maximum Gasteiger partial charge on any atom is 0.228 e. The largest absolute Gasteiger partial charge is 0.339 e. The summed E-state index contributed by atoms with van der Waals surface area (Å²) < 4.78 is 14.0. The summed E-state index contributed by atoms with van der Waals surface area (Å²) in [5.41, 5.74) is 1.27. The van der Waals surface area contributed by atoms with Crippen LogP contribution in [0, 0.1) is 11.7 Å². The van der Waals surface area contributed by atoms with Gasteiger partial charge >= 0.3 is 0 Å². The molecule has 25 heavy (non-hydrogen) atoms. The van der Waals surface area contributed by atoms with Crippen LogP contribution in [-0.4, -0.2) is 30.3 Å². The second kappa shape index (κ2) is 7.05. The van der Waals surface area contributed by atoms with Crippen LogP contribution in [0.4, 0.5) is 10.1 Å². The molecule has 0 N–H and O–H groups in total. The Morgan fingerprint density at radius 3 is 2.48 bits per heavy atom. The first kappa shape index (κ1) is 17.1. The number of carbonyl (C=O) groups is 2. The third kappa shape index (κ3) is 3.40. The molecule has 2 amide bonds. The van der Waals surface area contributed by atoms with Crippen molar-refractivity contribution >= 4 is 17.5 Å². The first-order valence-electron chi connectivity index (χ1n) is 8.35. The molecule has 0 aromatic heterocycles. The number of nitrogens with zero attached hydrogens (tertiary/aromatic N) is 2. The van der Waals surface area contributed by atoms with E-state index in [9.17, 15) is 14.0 Å². The van der Waals surface area contributed by atoms with Gasteiger partial charge in [0, 0.05) is 20.0 Å². The number of benzene rings is 2. The van der Waals surface area contributed by atoms with Gasteiger partial charge in [-0.1, -0.05) is 42.5 Å². The minimum Gasteiger partial charge on any atom is -0.339 e. The summed E-state index contributed by atoms with van der Waals surface area (Å²) in [6.07, 6.45) is 0.110. The van der Waals surface area contributed by atoms with Gasteiger partial charge in [0.15, 0.2) is 0 Å². The van der Waals surface area contributed by atoms with Crippen LogP contribution >= 0.6 is 0 Å². The van der Waals surface area contributed by atoms with Crippen LogP contribution in [0.2, 0.25) is 0 Å². The molecule has 0 unspecified atom stereocenters. The molecule has 5 heteroatoms. The minimum absolute atomic E-state index is 0.0914. The van der Waals surface area contributed by atoms with Crippen molar-refractivity contribution in [2.45, 2.75) is 19.4 Å². The molecule has 2 aromatic carbocycles. The average molecular weight is 340 g/mol. The molecule has 0 bridgehead atoms. The van der Waals surface area contributed by atoms with E-state index < -0.39 is 11.7 Å². The summed E-state index contributed by atoms with van der Waals surface area (Å²) >= 11 is 0. The number of rotatable bonds is 4. The van der Waals surface area contributed by atoms with Crippen LogP contribution in [0.3, 0.4) is 0 Å². The van der Waals surface area contributed by atoms with E-state index in [1.165, 1.54) is 11.0 Å². The quantitative estimate of drug-likeness (QED) is 0.856. The lowest BCUT2D eigenvalue weighted by atomic mass is 10.0. The molecular weight excluding hydrogens is 319 g/mol. The Balaban J connectivity index is 1.73. The smallest absolute Gasteiger partial charge is 0.228 e. The molecule has 2 atom stereocenters. The van der Waals surface area contributed by atoms with Crippen molar-refractivity contribution in [2.24, 2.45) is 5.92 Å². The lowest BCUT2D eigenvalue weighted by molar-refractivity contribution is -0.136. The maximum absolute atomic E-state index is 14.0. The van der Waals surface area contributed by atoms with E-state index in [1.54, 1.807) is 30.1 Å². The zero-order chi connectivity index (χ0) is 18.0. The predicted octanol–water partition coefficient (Wildman–Crippen LogP) is 3.40. The van der Waals surface area contributed by atoms with Crippen molar-refractivity contribution in [3.63, 3.8) is 0 Å². The van der Waals surface area contributed by atoms with E-state index in [0.717, 1.165) is 5.56 Å². The molecule has 1 aliphatic rings. The zero-order valence-corrected chi connectivity index (χ0v) is 14.4. The highest BCUT2D eigenvalue weighted by Gasteiger charge is 2.38. The number of hydrogen-bond donors (Lipinski definition) is 0. The van der Waals surface area contributed by atoms with Gasteiger partial charge in [0.1, 0.15) is 5.82 Å². The fraction of sp³-hybridized carbons (Fsp3) is 0.300. The van der Waals surface area contributed by atoms with Crippen molar-refractivity contribution in [1.82, 2.24) is 4.90 Å². The summed E-state index contributed by atoms with van der Waals surface area (Å²) in [6.45, 7) is 2.17. The van der Waals surface area contributed by atoms with Crippen LogP contribution in [0.25, 0.3) is 0 Å². The maximum atomic E-state index is 14.0. The first-order valence-corrected chi connectivity index (χ1v) is 8.35. The molecule has 0 spiro atoms. The number of carbonyl (C=O) groups excluding carboxylic acids is 2. The summed E-state index contributed by atoms with van der Waals surface area (Å²) in [4.78, 5) is 28.2. The molecular formula is C20H21FN2O2. The number of amides is 2. The van der Waals surface area contributed by atoms with Crippen molar-refractivity contribution in [3.8, 4) is 0 Å². The van der Waals surface area contributed by atoms with Gasteiger partial charge in [0.25, 0.3) is 0 Å². The van der Waals surface area contributed by atoms with Gasteiger partial charge in [-0.05, 0) is 24.6 Å². The van der Waals surface area contributed by atoms with Crippen LogP contribution in [0.15, 0.2) is 54.6 Å². The van der Waals surface area contributed by atoms with Crippen LogP contribution in [0.1, 0.15) is 24.9 Å². The van der Waals surface area contributed by atoms with Crippen LogP contribution < -0.4 is 4.90 Å². The summed E-state index contributed by atoms with van der Waals surface area (Å²) in [5, 5.41) is 0.